The summed E-state index contributed by atoms with van der Waals surface area (Å²) in [4.78, 5) is 0. The molecule has 2 nitrogen and oxygen atoms in total. The van der Waals surface area contributed by atoms with Gasteiger partial charge in [-0.2, -0.15) is 0 Å². The summed E-state index contributed by atoms with van der Waals surface area (Å²) >= 11 is 0. The first kappa shape index (κ1) is 12.4. The van der Waals surface area contributed by atoms with Gasteiger partial charge in [0.05, 0.1) is 12.2 Å². The molecule has 16 heavy (non-hydrogen) atoms. The molecule has 0 aromatic heterocycles. The summed E-state index contributed by atoms with van der Waals surface area (Å²) < 4.78 is 6.24. The van der Waals surface area contributed by atoms with Gasteiger partial charge in [-0.05, 0) is 57.4 Å². The molecule has 0 aliphatic heterocycles. The maximum atomic E-state index is 6.24. The van der Waals surface area contributed by atoms with Gasteiger partial charge in [-0.1, -0.05) is 13.8 Å². The third-order valence-corrected chi connectivity index (χ3v) is 4.13. The fourth-order valence-corrected chi connectivity index (χ4v) is 2.80. The summed E-state index contributed by atoms with van der Waals surface area (Å²) in [6.07, 6.45) is 10.2. The molecule has 3 atom stereocenters. The highest BCUT2D eigenvalue weighted by Gasteiger charge is 2.32. The molecular weight excluding hydrogens is 198 g/mol. The number of nitrogens with one attached hydrogen (secondary N) is 1. The highest BCUT2D eigenvalue weighted by Crippen LogP contribution is 2.31. The fraction of sp³-hybridized carbons (Fsp3) is 1.00. The van der Waals surface area contributed by atoms with Crippen LogP contribution in [0.3, 0.4) is 0 Å². The van der Waals surface area contributed by atoms with Crippen LogP contribution < -0.4 is 5.32 Å². The van der Waals surface area contributed by atoms with Crippen molar-refractivity contribution in [3.05, 3.63) is 0 Å². The van der Waals surface area contributed by atoms with E-state index in [1.54, 1.807) is 0 Å². The monoisotopic (exact) mass is 225 g/mol. The van der Waals surface area contributed by atoms with Crippen LogP contribution in [0.15, 0.2) is 0 Å². The van der Waals surface area contributed by atoms with E-state index in [4.69, 9.17) is 4.74 Å². The number of rotatable bonds is 5. The van der Waals surface area contributed by atoms with Crippen molar-refractivity contribution in [1.29, 1.82) is 0 Å². The molecule has 3 unspecified atom stereocenters. The average molecular weight is 225 g/mol. The van der Waals surface area contributed by atoms with Crippen LogP contribution in [0.4, 0.5) is 0 Å². The van der Waals surface area contributed by atoms with Gasteiger partial charge < -0.3 is 10.1 Å². The average Bonchev–Trinajstić information content (AvgIpc) is 2.22. The number of hydrogen-bond donors (Lipinski definition) is 1. The minimum absolute atomic E-state index is 0.487. The summed E-state index contributed by atoms with van der Waals surface area (Å²) in [7, 11) is 0. The molecule has 0 aromatic rings. The molecule has 2 saturated carbocycles. The zero-order valence-corrected chi connectivity index (χ0v) is 10.9. The minimum atomic E-state index is 0.487. The SMILES string of the molecule is CCCNC1CCC(C)CC1OC1CCC1. The molecule has 2 fully saturated rings. The summed E-state index contributed by atoms with van der Waals surface area (Å²) in [5.74, 6) is 0.852. The van der Waals surface area contributed by atoms with E-state index in [2.05, 4.69) is 19.2 Å². The van der Waals surface area contributed by atoms with Crippen molar-refractivity contribution in [2.24, 2.45) is 5.92 Å². The Hall–Kier alpha value is -0.0800. The molecule has 2 aliphatic rings. The molecular formula is C14H27NO. The quantitative estimate of drug-likeness (QED) is 0.776. The third-order valence-electron chi connectivity index (χ3n) is 4.13. The highest BCUT2D eigenvalue weighted by atomic mass is 16.5. The van der Waals surface area contributed by atoms with Crippen LogP contribution in [0.2, 0.25) is 0 Å². The molecule has 0 saturated heterocycles. The van der Waals surface area contributed by atoms with Gasteiger partial charge in [0.15, 0.2) is 0 Å². The van der Waals surface area contributed by atoms with Crippen molar-refractivity contribution in [3.8, 4) is 0 Å². The van der Waals surface area contributed by atoms with Crippen LogP contribution >= 0.6 is 0 Å². The Kier molecular flexibility index (Phi) is 4.66. The lowest BCUT2D eigenvalue weighted by molar-refractivity contribution is -0.0850. The van der Waals surface area contributed by atoms with Crippen LogP contribution in [0.25, 0.3) is 0 Å². The van der Waals surface area contributed by atoms with E-state index < -0.39 is 0 Å². The van der Waals surface area contributed by atoms with Gasteiger partial charge in [-0.3, -0.25) is 0 Å². The molecule has 0 heterocycles. The number of hydrogen-bond acceptors (Lipinski definition) is 2. The second kappa shape index (κ2) is 6.02. The van der Waals surface area contributed by atoms with Crippen LogP contribution in [-0.2, 0) is 4.74 Å². The van der Waals surface area contributed by atoms with Gasteiger partial charge in [0, 0.05) is 6.04 Å². The summed E-state index contributed by atoms with van der Waals surface area (Å²) in [5, 5.41) is 3.67. The molecule has 0 bridgehead atoms. The van der Waals surface area contributed by atoms with Crippen molar-refractivity contribution in [2.45, 2.75) is 77.0 Å². The van der Waals surface area contributed by atoms with E-state index in [9.17, 15) is 0 Å². The van der Waals surface area contributed by atoms with E-state index in [0.29, 0.717) is 18.2 Å². The van der Waals surface area contributed by atoms with Gasteiger partial charge in [0.2, 0.25) is 0 Å². The first-order chi connectivity index (χ1) is 7.79. The van der Waals surface area contributed by atoms with Crippen LogP contribution in [0.5, 0.6) is 0 Å². The molecule has 2 aliphatic carbocycles. The summed E-state index contributed by atoms with van der Waals surface area (Å²) in [6, 6.07) is 0.622. The van der Waals surface area contributed by atoms with Crippen LogP contribution in [0.1, 0.15) is 58.8 Å². The van der Waals surface area contributed by atoms with E-state index in [-0.39, 0.29) is 0 Å². The van der Waals surface area contributed by atoms with Crippen molar-refractivity contribution in [1.82, 2.24) is 5.32 Å². The second-order valence-electron chi connectivity index (χ2n) is 5.71. The van der Waals surface area contributed by atoms with Crippen LogP contribution in [0, 0.1) is 5.92 Å². The van der Waals surface area contributed by atoms with E-state index in [0.717, 1.165) is 12.5 Å². The Morgan fingerprint density at radius 1 is 1.19 bits per heavy atom. The van der Waals surface area contributed by atoms with Crippen molar-refractivity contribution in [2.75, 3.05) is 6.54 Å². The molecule has 0 spiro atoms. The second-order valence-corrected chi connectivity index (χ2v) is 5.71. The zero-order valence-electron chi connectivity index (χ0n) is 10.9. The minimum Gasteiger partial charge on any atom is -0.373 e. The van der Waals surface area contributed by atoms with Gasteiger partial charge in [0.1, 0.15) is 0 Å². The molecule has 2 rings (SSSR count). The molecule has 0 radical (unpaired) electrons. The molecule has 0 amide bonds. The van der Waals surface area contributed by atoms with Crippen molar-refractivity contribution < 1.29 is 4.74 Å². The fourth-order valence-electron chi connectivity index (χ4n) is 2.80. The topological polar surface area (TPSA) is 21.3 Å². The Labute approximate surface area is 100 Å². The highest BCUT2D eigenvalue weighted by molar-refractivity contribution is 4.86. The third kappa shape index (κ3) is 3.21. The Bertz CT molecular complexity index is 201. The van der Waals surface area contributed by atoms with Crippen molar-refractivity contribution >= 4 is 0 Å². The molecule has 2 heteroatoms. The Morgan fingerprint density at radius 2 is 2.00 bits per heavy atom. The van der Waals surface area contributed by atoms with Gasteiger partial charge >= 0.3 is 0 Å². The summed E-state index contributed by atoms with van der Waals surface area (Å²) in [6.45, 7) is 5.75. The lowest BCUT2D eigenvalue weighted by Gasteiger charge is -2.39. The lowest BCUT2D eigenvalue weighted by Crippen LogP contribution is -2.47. The van der Waals surface area contributed by atoms with E-state index in [1.165, 1.54) is 44.9 Å². The molecule has 1 N–H and O–H groups in total. The standard InChI is InChI=1S/C14H27NO/c1-3-9-15-13-8-7-11(2)10-14(13)16-12-5-4-6-12/h11-15H,3-10H2,1-2H3. The lowest BCUT2D eigenvalue weighted by atomic mass is 9.84. The maximum absolute atomic E-state index is 6.24. The largest absolute Gasteiger partial charge is 0.373 e. The normalized spacial score (nSPS) is 36.0. The van der Waals surface area contributed by atoms with Gasteiger partial charge in [-0.15, -0.1) is 0 Å². The smallest absolute Gasteiger partial charge is 0.0734 e. The van der Waals surface area contributed by atoms with E-state index in [1.807, 2.05) is 0 Å². The zero-order chi connectivity index (χ0) is 11.4. The molecule has 0 aromatic carbocycles. The van der Waals surface area contributed by atoms with Crippen LogP contribution in [-0.4, -0.2) is 24.8 Å². The van der Waals surface area contributed by atoms with Gasteiger partial charge in [0.25, 0.3) is 0 Å². The predicted molar refractivity (Wildman–Crippen MR) is 67.6 cm³/mol. The first-order valence-electron chi connectivity index (χ1n) is 7.18. The summed E-state index contributed by atoms with van der Waals surface area (Å²) in [5.41, 5.74) is 0. The number of ether oxygens (including phenoxy) is 1. The van der Waals surface area contributed by atoms with E-state index >= 15 is 0 Å². The Balaban J connectivity index is 1.81. The van der Waals surface area contributed by atoms with Crippen molar-refractivity contribution in [3.63, 3.8) is 0 Å². The maximum Gasteiger partial charge on any atom is 0.0734 e. The first-order valence-corrected chi connectivity index (χ1v) is 7.18. The predicted octanol–water partition coefficient (Wildman–Crippen LogP) is 3.11. The molecule has 94 valence electrons. The van der Waals surface area contributed by atoms with Gasteiger partial charge in [-0.25, -0.2) is 0 Å². The Morgan fingerprint density at radius 3 is 2.62 bits per heavy atom.